The first-order chi connectivity index (χ1) is 5.34. The number of hydrogen-bond acceptors (Lipinski definition) is 3. The Morgan fingerprint density at radius 1 is 1.73 bits per heavy atom. The molecule has 1 aliphatic rings. The summed E-state index contributed by atoms with van der Waals surface area (Å²) in [6.07, 6.45) is 5.82. The molecule has 1 aliphatic heterocycles. The first-order valence-corrected chi connectivity index (χ1v) is 3.73. The second kappa shape index (κ2) is 4.01. The Labute approximate surface area is 66.0 Å². The number of methoxy groups -OCH3 is 1. The highest BCUT2D eigenvalue weighted by Crippen LogP contribution is 2.11. The second-order valence-corrected chi connectivity index (χ2v) is 2.45. The summed E-state index contributed by atoms with van der Waals surface area (Å²) in [6, 6.07) is 0. The minimum atomic E-state index is -0.390. The topological polar surface area (TPSA) is 35.5 Å². The van der Waals surface area contributed by atoms with Crippen molar-refractivity contribution in [2.75, 3.05) is 7.11 Å². The zero-order valence-corrected chi connectivity index (χ0v) is 6.58. The van der Waals surface area contributed by atoms with Crippen LogP contribution in [0.4, 0.5) is 0 Å². The van der Waals surface area contributed by atoms with Gasteiger partial charge in [-0.2, -0.15) is 0 Å². The molecular weight excluding hydrogens is 144 g/mol. The van der Waals surface area contributed by atoms with Gasteiger partial charge in [0.15, 0.2) is 6.10 Å². The normalized spacial score (nSPS) is 23.5. The van der Waals surface area contributed by atoms with Gasteiger partial charge in [0.05, 0.1) is 13.4 Å². The molecule has 1 rings (SSSR count). The summed E-state index contributed by atoms with van der Waals surface area (Å²) in [7, 11) is 1.38. The minimum Gasteiger partial charge on any atom is -0.487 e. The van der Waals surface area contributed by atoms with Crippen LogP contribution in [0.1, 0.15) is 19.3 Å². The van der Waals surface area contributed by atoms with Gasteiger partial charge in [-0.05, 0) is 25.3 Å². The number of allylic oxidation sites excluding steroid dienone is 1. The first-order valence-electron chi connectivity index (χ1n) is 3.73. The van der Waals surface area contributed by atoms with Crippen LogP contribution in [0.2, 0.25) is 0 Å². The van der Waals surface area contributed by atoms with Gasteiger partial charge in [-0.3, -0.25) is 0 Å². The number of hydrogen-bond donors (Lipinski definition) is 0. The molecule has 3 nitrogen and oxygen atoms in total. The summed E-state index contributed by atoms with van der Waals surface area (Å²) < 4.78 is 9.65. The van der Waals surface area contributed by atoms with Crippen LogP contribution in [-0.2, 0) is 14.3 Å². The molecule has 3 heteroatoms. The standard InChI is InChI=1S/C8H12O3/c1-10-8(9)7-5-3-2-4-6-11-7/h4,6-7H,2-3,5H2,1H3. The van der Waals surface area contributed by atoms with Gasteiger partial charge in [0.25, 0.3) is 0 Å². The average Bonchev–Trinajstić information content (AvgIpc) is 2.30. The van der Waals surface area contributed by atoms with E-state index in [1.54, 1.807) is 6.26 Å². The number of carbonyl (C=O) groups excluding carboxylic acids is 1. The van der Waals surface area contributed by atoms with Crippen molar-refractivity contribution in [3.05, 3.63) is 12.3 Å². The third kappa shape index (κ3) is 2.26. The highest BCUT2D eigenvalue weighted by atomic mass is 16.6. The SMILES string of the molecule is COC(=O)C1CCCC=CO1. The van der Waals surface area contributed by atoms with Crippen molar-refractivity contribution < 1.29 is 14.3 Å². The van der Waals surface area contributed by atoms with E-state index >= 15 is 0 Å². The summed E-state index contributed by atoms with van der Waals surface area (Å²) in [6.45, 7) is 0. The van der Waals surface area contributed by atoms with E-state index in [4.69, 9.17) is 4.74 Å². The van der Waals surface area contributed by atoms with Crippen LogP contribution >= 0.6 is 0 Å². The van der Waals surface area contributed by atoms with Crippen molar-refractivity contribution in [2.45, 2.75) is 25.4 Å². The summed E-state index contributed by atoms with van der Waals surface area (Å²) in [5, 5.41) is 0. The lowest BCUT2D eigenvalue weighted by molar-refractivity contribution is -0.150. The number of esters is 1. The summed E-state index contributed by atoms with van der Waals surface area (Å²) >= 11 is 0. The van der Waals surface area contributed by atoms with Crippen LogP contribution < -0.4 is 0 Å². The fraction of sp³-hybridized carbons (Fsp3) is 0.625. The highest BCUT2D eigenvalue weighted by molar-refractivity contribution is 5.74. The maximum Gasteiger partial charge on any atom is 0.347 e. The van der Waals surface area contributed by atoms with Gasteiger partial charge in [0.2, 0.25) is 0 Å². The van der Waals surface area contributed by atoms with Crippen LogP contribution in [0.25, 0.3) is 0 Å². The maximum atomic E-state index is 10.9. The lowest BCUT2D eigenvalue weighted by Gasteiger charge is -2.10. The van der Waals surface area contributed by atoms with Gasteiger partial charge in [-0.1, -0.05) is 0 Å². The third-order valence-electron chi connectivity index (χ3n) is 1.64. The van der Waals surface area contributed by atoms with E-state index in [9.17, 15) is 4.79 Å². The Hall–Kier alpha value is -0.990. The molecule has 0 aliphatic carbocycles. The lowest BCUT2D eigenvalue weighted by atomic mass is 10.2. The maximum absolute atomic E-state index is 10.9. The van der Waals surface area contributed by atoms with E-state index in [1.807, 2.05) is 6.08 Å². The largest absolute Gasteiger partial charge is 0.487 e. The minimum absolute atomic E-state index is 0.281. The molecule has 0 fully saturated rings. The summed E-state index contributed by atoms with van der Waals surface area (Å²) in [5.41, 5.74) is 0. The van der Waals surface area contributed by atoms with Gasteiger partial charge >= 0.3 is 5.97 Å². The molecule has 1 heterocycles. The van der Waals surface area contributed by atoms with E-state index in [-0.39, 0.29) is 5.97 Å². The highest BCUT2D eigenvalue weighted by Gasteiger charge is 2.19. The first kappa shape index (κ1) is 8.11. The quantitative estimate of drug-likeness (QED) is 0.536. The molecule has 0 N–H and O–H groups in total. The molecule has 0 saturated heterocycles. The van der Waals surface area contributed by atoms with Gasteiger partial charge in [-0.15, -0.1) is 0 Å². The molecule has 1 unspecified atom stereocenters. The predicted molar refractivity (Wildman–Crippen MR) is 39.9 cm³/mol. The van der Waals surface area contributed by atoms with Crippen LogP contribution in [0.5, 0.6) is 0 Å². The van der Waals surface area contributed by atoms with Crippen molar-refractivity contribution in [3.8, 4) is 0 Å². The summed E-state index contributed by atoms with van der Waals surface area (Å²) in [4.78, 5) is 10.9. The zero-order chi connectivity index (χ0) is 8.10. The van der Waals surface area contributed by atoms with Gasteiger partial charge in [0.1, 0.15) is 0 Å². The molecule has 0 aromatic heterocycles. The van der Waals surface area contributed by atoms with Gasteiger partial charge in [-0.25, -0.2) is 4.79 Å². The fourth-order valence-corrected chi connectivity index (χ4v) is 1.01. The predicted octanol–water partition coefficient (Wildman–Crippen LogP) is 1.24. The van der Waals surface area contributed by atoms with Crippen LogP contribution in [0.15, 0.2) is 12.3 Å². The van der Waals surface area contributed by atoms with Crippen molar-refractivity contribution in [3.63, 3.8) is 0 Å². The molecule has 0 amide bonds. The van der Waals surface area contributed by atoms with Crippen molar-refractivity contribution in [1.29, 1.82) is 0 Å². The van der Waals surface area contributed by atoms with E-state index in [1.165, 1.54) is 7.11 Å². The molecule has 0 saturated carbocycles. The summed E-state index contributed by atoms with van der Waals surface area (Å²) in [5.74, 6) is -0.281. The van der Waals surface area contributed by atoms with Gasteiger partial charge in [0, 0.05) is 0 Å². The molecule has 1 atom stereocenters. The van der Waals surface area contributed by atoms with E-state index in [0.717, 1.165) is 19.3 Å². The molecule has 62 valence electrons. The van der Waals surface area contributed by atoms with Crippen molar-refractivity contribution in [1.82, 2.24) is 0 Å². The van der Waals surface area contributed by atoms with E-state index in [0.29, 0.717) is 0 Å². The molecule has 0 spiro atoms. The Morgan fingerprint density at radius 3 is 3.27 bits per heavy atom. The number of rotatable bonds is 1. The molecular formula is C8H12O3. The molecule has 0 bridgehead atoms. The van der Waals surface area contributed by atoms with Crippen LogP contribution in [0, 0.1) is 0 Å². The van der Waals surface area contributed by atoms with Crippen LogP contribution in [0.3, 0.4) is 0 Å². The van der Waals surface area contributed by atoms with Crippen LogP contribution in [-0.4, -0.2) is 19.2 Å². The lowest BCUT2D eigenvalue weighted by Crippen LogP contribution is -2.22. The van der Waals surface area contributed by atoms with Crippen molar-refractivity contribution >= 4 is 5.97 Å². The third-order valence-corrected chi connectivity index (χ3v) is 1.64. The van der Waals surface area contributed by atoms with E-state index < -0.39 is 6.10 Å². The Bertz CT molecular complexity index is 163. The number of carbonyl (C=O) groups is 1. The van der Waals surface area contributed by atoms with Crippen molar-refractivity contribution in [2.24, 2.45) is 0 Å². The second-order valence-electron chi connectivity index (χ2n) is 2.45. The molecule has 11 heavy (non-hydrogen) atoms. The molecule has 0 aromatic rings. The zero-order valence-electron chi connectivity index (χ0n) is 6.58. The molecule has 0 aromatic carbocycles. The average molecular weight is 156 g/mol. The number of ether oxygens (including phenoxy) is 2. The van der Waals surface area contributed by atoms with Gasteiger partial charge < -0.3 is 9.47 Å². The Balaban J connectivity index is 2.44. The Morgan fingerprint density at radius 2 is 2.55 bits per heavy atom. The monoisotopic (exact) mass is 156 g/mol. The molecule has 0 radical (unpaired) electrons. The fourth-order valence-electron chi connectivity index (χ4n) is 1.01. The Kier molecular flexibility index (Phi) is 2.95. The smallest absolute Gasteiger partial charge is 0.347 e. The van der Waals surface area contributed by atoms with E-state index in [2.05, 4.69) is 4.74 Å².